The molecule has 12 heteroatoms. The molecule has 208 valence electrons. The zero-order valence-electron chi connectivity index (χ0n) is 21.7. The molecule has 0 aliphatic carbocycles. The highest BCUT2D eigenvalue weighted by molar-refractivity contribution is 5.93. The molecule has 1 N–H and O–H groups in total. The average molecular weight is 546 g/mol. The molecule has 0 radical (unpaired) electrons. The Labute approximate surface area is 224 Å². The van der Waals surface area contributed by atoms with Crippen molar-refractivity contribution in [2.24, 2.45) is 7.05 Å². The summed E-state index contributed by atoms with van der Waals surface area (Å²) in [5, 5.41) is 6.88. The lowest BCUT2D eigenvalue weighted by Crippen LogP contribution is -2.48. The van der Waals surface area contributed by atoms with Crippen LogP contribution >= 0.6 is 0 Å². The fourth-order valence-corrected chi connectivity index (χ4v) is 4.31. The Balaban J connectivity index is 1.40. The topological polar surface area (TPSA) is 88.9 Å². The molecule has 0 atom stereocenters. The zero-order valence-corrected chi connectivity index (χ0v) is 21.7. The van der Waals surface area contributed by atoms with Crippen LogP contribution in [0.1, 0.15) is 12.5 Å². The van der Waals surface area contributed by atoms with Gasteiger partial charge in [-0.1, -0.05) is 12.1 Å². The number of carbonyl (C=O) groups excluding carboxylic acids is 2. The fourth-order valence-electron chi connectivity index (χ4n) is 4.31. The Morgan fingerprint density at radius 2 is 1.74 bits per heavy atom. The maximum atomic E-state index is 13.2. The van der Waals surface area contributed by atoms with Crippen LogP contribution in [0.3, 0.4) is 0 Å². The van der Waals surface area contributed by atoms with Gasteiger partial charge < -0.3 is 19.7 Å². The number of para-hydroxylation sites is 1. The summed E-state index contributed by atoms with van der Waals surface area (Å²) in [5.41, 5.74) is 0.930. The first-order valence-electron chi connectivity index (χ1n) is 12.4. The lowest BCUT2D eigenvalue weighted by atomic mass is 10.1. The summed E-state index contributed by atoms with van der Waals surface area (Å²) in [7, 11) is 1.78. The standard InChI is InChI=1S/C27H30F3N5O4/c1-19(36)35-13-11-34(12-14-35)15-16-38-24-8-7-20(17-21(24)23-9-10-31-33(23)2)32-26(37)18-39-25-6-4-3-5-22(25)27(28,29)30/h3-10,17H,11-16,18H2,1-2H3,(H,32,37). The third kappa shape index (κ3) is 7.29. The number of halogens is 3. The molecule has 0 bridgehead atoms. The van der Waals surface area contributed by atoms with E-state index in [1.165, 1.54) is 18.2 Å². The molecule has 0 spiro atoms. The predicted molar refractivity (Wildman–Crippen MR) is 138 cm³/mol. The monoisotopic (exact) mass is 545 g/mol. The van der Waals surface area contributed by atoms with Crippen molar-refractivity contribution < 1.29 is 32.2 Å². The van der Waals surface area contributed by atoms with Crippen molar-refractivity contribution in [3.63, 3.8) is 0 Å². The highest BCUT2D eigenvalue weighted by Crippen LogP contribution is 2.36. The van der Waals surface area contributed by atoms with E-state index in [2.05, 4.69) is 15.3 Å². The van der Waals surface area contributed by atoms with Crippen LogP contribution in [0.25, 0.3) is 11.3 Å². The third-order valence-corrected chi connectivity index (χ3v) is 6.39. The number of nitrogens with zero attached hydrogens (tertiary/aromatic N) is 4. The zero-order chi connectivity index (χ0) is 28.0. The maximum Gasteiger partial charge on any atom is 0.419 e. The smallest absolute Gasteiger partial charge is 0.419 e. The predicted octanol–water partition coefficient (Wildman–Crippen LogP) is 3.67. The molecule has 1 aromatic heterocycles. The molecule has 2 amide bonds. The lowest BCUT2D eigenvalue weighted by molar-refractivity contribution is -0.139. The first-order valence-corrected chi connectivity index (χ1v) is 12.4. The van der Waals surface area contributed by atoms with Crippen molar-refractivity contribution >= 4 is 17.5 Å². The van der Waals surface area contributed by atoms with E-state index in [1.54, 1.807) is 43.0 Å². The Bertz CT molecular complexity index is 1300. The Hall–Kier alpha value is -4.06. The normalized spacial score (nSPS) is 14.2. The van der Waals surface area contributed by atoms with Gasteiger partial charge in [0.15, 0.2) is 6.61 Å². The summed E-state index contributed by atoms with van der Waals surface area (Å²) in [6.45, 7) is 5.02. The molecule has 1 aliphatic heterocycles. The molecule has 39 heavy (non-hydrogen) atoms. The summed E-state index contributed by atoms with van der Waals surface area (Å²) in [5.74, 6) is -0.352. The van der Waals surface area contributed by atoms with Gasteiger partial charge in [0.2, 0.25) is 5.91 Å². The van der Waals surface area contributed by atoms with Gasteiger partial charge in [-0.2, -0.15) is 18.3 Å². The van der Waals surface area contributed by atoms with Crippen molar-refractivity contribution in [3.8, 4) is 22.8 Å². The summed E-state index contributed by atoms with van der Waals surface area (Å²) < 4.78 is 52.5. The van der Waals surface area contributed by atoms with Gasteiger partial charge in [-0.15, -0.1) is 0 Å². The number of aryl methyl sites for hydroxylation is 1. The van der Waals surface area contributed by atoms with Crippen LogP contribution in [0.5, 0.6) is 11.5 Å². The van der Waals surface area contributed by atoms with E-state index in [9.17, 15) is 22.8 Å². The molecule has 1 saturated heterocycles. The van der Waals surface area contributed by atoms with Crippen molar-refractivity contribution in [2.75, 3.05) is 51.3 Å². The van der Waals surface area contributed by atoms with Crippen molar-refractivity contribution in [1.82, 2.24) is 19.6 Å². The van der Waals surface area contributed by atoms with Gasteiger partial charge in [0.25, 0.3) is 5.91 Å². The number of aromatic nitrogens is 2. The highest BCUT2D eigenvalue weighted by Gasteiger charge is 2.34. The number of carbonyl (C=O) groups is 2. The largest absolute Gasteiger partial charge is 0.492 e. The van der Waals surface area contributed by atoms with E-state index in [0.717, 1.165) is 24.8 Å². The molecular weight excluding hydrogens is 515 g/mol. The van der Waals surface area contributed by atoms with Crippen LogP contribution in [0, 0.1) is 0 Å². The number of piperazine rings is 1. The second-order valence-corrected chi connectivity index (χ2v) is 9.08. The molecule has 0 saturated carbocycles. The summed E-state index contributed by atoms with van der Waals surface area (Å²) in [6, 6.07) is 11.7. The molecule has 1 aliphatic rings. The molecular formula is C27H30F3N5O4. The molecule has 2 heterocycles. The van der Waals surface area contributed by atoms with Gasteiger partial charge >= 0.3 is 6.18 Å². The second-order valence-electron chi connectivity index (χ2n) is 9.08. The Kier molecular flexibility index (Phi) is 8.75. The fraction of sp³-hybridized carbons (Fsp3) is 0.370. The van der Waals surface area contributed by atoms with E-state index < -0.39 is 30.0 Å². The minimum absolute atomic E-state index is 0.0802. The van der Waals surface area contributed by atoms with Gasteiger partial charge in [-0.3, -0.25) is 19.2 Å². The first-order chi connectivity index (χ1) is 18.6. The van der Waals surface area contributed by atoms with Gasteiger partial charge in [-0.25, -0.2) is 0 Å². The van der Waals surface area contributed by atoms with Gasteiger partial charge in [0.1, 0.15) is 18.1 Å². The van der Waals surface area contributed by atoms with Gasteiger partial charge in [0.05, 0.1) is 11.3 Å². The average Bonchev–Trinajstić information content (AvgIpc) is 3.33. The summed E-state index contributed by atoms with van der Waals surface area (Å²) in [6.07, 6.45) is -2.95. The minimum Gasteiger partial charge on any atom is -0.492 e. The SMILES string of the molecule is CC(=O)N1CCN(CCOc2ccc(NC(=O)COc3ccccc3C(F)(F)F)cc2-c2ccnn2C)CC1. The van der Waals surface area contributed by atoms with Crippen LogP contribution in [-0.2, 0) is 22.8 Å². The molecule has 2 aromatic carbocycles. The Morgan fingerprint density at radius 1 is 1.00 bits per heavy atom. The minimum atomic E-state index is -4.59. The molecule has 3 aromatic rings. The number of benzene rings is 2. The first kappa shape index (κ1) is 28.0. The number of hydrogen-bond donors (Lipinski definition) is 1. The second kappa shape index (κ2) is 12.2. The quantitative estimate of drug-likeness (QED) is 0.442. The third-order valence-electron chi connectivity index (χ3n) is 6.39. The van der Waals surface area contributed by atoms with Crippen molar-refractivity contribution in [3.05, 3.63) is 60.3 Å². The lowest BCUT2D eigenvalue weighted by Gasteiger charge is -2.34. The van der Waals surface area contributed by atoms with Gasteiger partial charge in [-0.05, 0) is 36.4 Å². The number of anilines is 1. The molecule has 0 unspecified atom stereocenters. The van der Waals surface area contributed by atoms with Crippen molar-refractivity contribution in [2.45, 2.75) is 13.1 Å². The van der Waals surface area contributed by atoms with E-state index in [-0.39, 0.29) is 5.91 Å². The number of amides is 2. The molecule has 9 nitrogen and oxygen atoms in total. The summed E-state index contributed by atoms with van der Waals surface area (Å²) >= 11 is 0. The number of hydrogen-bond acceptors (Lipinski definition) is 6. The molecule has 4 rings (SSSR count). The van der Waals surface area contributed by atoms with E-state index >= 15 is 0 Å². The van der Waals surface area contributed by atoms with E-state index in [1.807, 2.05) is 11.0 Å². The van der Waals surface area contributed by atoms with Crippen LogP contribution < -0.4 is 14.8 Å². The summed E-state index contributed by atoms with van der Waals surface area (Å²) in [4.78, 5) is 28.1. The van der Waals surface area contributed by atoms with Crippen molar-refractivity contribution in [1.29, 1.82) is 0 Å². The number of alkyl halides is 3. The number of ether oxygens (including phenoxy) is 2. The van der Waals surface area contributed by atoms with Crippen LogP contribution in [-0.4, -0.2) is 77.3 Å². The van der Waals surface area contributed by atoms with Gasteiger partial charge in [0, 0.05) is 64.1 Å². The molecule has 1 fully saturated rings. The van der Waals surface area contributed by atoms with Crippen LogP contribution in [0.2, 0.25) is 0 Å². The maximum absolute atomic E-state index is 13.2. The highest BCUT2D eigenvalue weighted by atomic mass is 19.4. The number of rotatable bonds is 9. The van der Waals surface area contributed by atoms with E-state index in [0.29, 0.717) is 43.2 Å². The van der Waals surface area contributed by atoms with E-state index in [4.69, 9.17) is 9.47 Å². The van der Waals surface area contributed by atoms with Crippen LogP contribution in [0.4, 0.5) is 18.9 Å². The van der Waals surface area contributed by atoms with Crippen LogP contribution in [0.15, 0.2) is 54.7 Å². The number of nitrogens with one attached hydrogen (secondary N) is 1. The Morgan fingerprint density at radius 3 is 2.41 bits per heavy atom.